The maximum atomic E-state index is 12.2. The molecule has 0 saturated heterocycles. The predicted molar refractivity (Wildman–Crippen MR) is 81.8 cm³/mol. The molecule has 2 amide bonds. The van der Waals surface area contributed by atoms with Crippen LogP contribution in [-0.2, 0) is 0 Å². The summed E-state index contributed by atoms with van der Waals surface area (Å²) in [4.78, 5) is 12.2. The van der Waals surface area contributed by atoms with Crippen LogP contribution < -0.4 is 10.6 Å². The molecule has 0 radical (unpaired) electrons. The van der Waals surface area contributed by atoms with Crippen LogP contribution in [0.25, 0.3) is 0 Å². The Hall–Kier alpha value is -1.55. The lowest BCUT2D eigenvalue weighted by Crippen LogP contribution is -2.44. The van der Waals surface area contributed by atoms with Crippen molar-refractivity contribution in [3.63, 3.8) is 0 Å². The first-order chi connectivity index (χ1) is 10.2. The summed E-state index contributed by atoms with van der Waals surface area (Å²) in [6, 6.07) is 10.2. The van der Waals surface area contributed by atoms with Crippen LogP contribution in [0.1, 0.15) is 43.7 Å². The molecular weight excluding hydrogens is 264 g/mol. The van der Waals surface area contributed by atoms with E-state index in [0.717, 1.165) is 12.8 Å². The van der Waals surface area contributed by atoms with Crippen molar-refractivity contribution in [3.8, 4) is 0 Å². The number of carbonyl (C=O) groups excluding carboxylic acids is 1. The van der Waals surface area contributed by atoms with E-state index in [9.17, 15) is 9.90 Å². The van der Waals surface area contributed by atoms with Crippen molar-refractivity contribution >= 4 is 6.03 Å². The molecule has 2 fully saturated rings. The fraction of sp³-hybridized carbons (Fsp3) is 0.588. The lowest BCUT2D eigenvalue weighted by atomic mass is 9.77. The Bertz CT molecular complexity index is 481. The van der Waals surface area contributed by atoms with E-state index in [-0.39, 0.29) is 24.1 Å². The standard InChI is InChI=1S/C17H24N2O2/c20-12-17(9-10-17)11-18-16(21)19-15(14-7-4-8-14)13-5-2-1-3-6-13/h1-3,5-6,14-15,20H,4,7-12H2,(H2,18,19,21)/t15-/m0/s1. The van der Waals surface area contributed by atoms with Crippen LogP contribution in [0.15, 0.2) is 30.3 Å². The molecule has 21 heavy (non-hydrogen) atoms. The van der Waals surface area contributed by atoms with E-state index in [0.29, 0.717) is 12.5 Å². The number of urea groups is 1. The van der Waals surface area contributed by atoms with Crippen molar-refractivity contribution in [1.82, 2.24) is 10.6 Å². The van der Waals surface area contributed by atoms with Crippen molar-refractivity contribution in [2.45, 2.75) is 38.1 Å². The molecule has 114 valence electrons. The van der Waals surface area contributed by atoms with Crippen LogP contribution in [0.4, 0.5) is 4.79 Å². The fourth-order valence-electron chi connectivity index (χ4n) is 2.93. The van der Waals surface area contributed by atoms with Crippen LogP contribution in [0.2, 0.25) is 0 Å². The molecule has 0 bridgehead atoms. The first-order valence-electron chi connectivity index (χ1n) is 7.93. The Morgan fingerprint density at radius 2 is 2.00 bits per heavy atom. The summed E-state index contributed by atoms with van der Waals surface area (Å²) in [5.41, 5.74) is 1.14. The van der Waals surface area contributed by atoms with E-state index in [2.05, 4.69) is 22.8 Å². The van der Waals surface area contributed by atoms with Gasteiger partial charge in [-0.1, -0.05) is 36.8 Å². The molecule has 1 aromatic rings. The first kappa shape index (κ1) is 14.4. The third-order valence-electron chi connectivity index (χ3n) is 4.98. The highest BCUT2D eigenvalue weighted by Crippen LogP contribution is 2.44. The number of benzene rings is 1. The maximum absolute atomic E-state index is 12.2. The van der Waals surface area contributed by atoms with Crippen molar-refractivity contribution in [2.75, 3.05) is 13.2 Å². The Labute approximate surface area is 125 Å². The minimum atomic E-state index is -0.115. The van der Waals surface area contributed by atoms with Crippen molar-refractivity contribution in [3.05, 3.63) is 35.9 Å². The predicted octanol–water partition coefficient (Wildman–Crippen LogP) is 2.60. The van der Waals surface area contributed by atoms with Gasteiger partial charge in [-0.3, -0.25) is 0 Å². The largest absolute Gasteiger partial charge is 0.396 e. The SMILES string of the molecule is O=C(NCC1(CO)CC1)N[C@@H](c1ccccc1)C1CCC1. The van der Waals surface area contributed by atoms with Crippen LogP contribution >= 0.6 is 0 Å². The van der Waals surface area contributed by atoms with Gasteiger partial charge >= 0.3 is 6.03 Å². The fourth-order valence-corrected chi connectivity index (χ4v) is 2.93. The molecule has 2 aliphatic carbocycles. The quantitative estimate of drug-likeness (QED) is 0.753. The third kappa shape index (κ3) is 3.38. The number of carbonyl (C=O) groups is 1. The van der Waals surface area contributed by atoms with Crippen LogP contribution in [0.3, 0.4) is 0 Å². The molecule has 0 spiro atoms. The van der Waals surface area contributed by atoms with Crippen molar-refractivity contribution in [1.29, 1.82) is 0 Å². The second kappa shape index (κ2) is 6.06. The summed E-state index contributed by atoms with van der Waals surface area (Å²) < 4.78 is 0. The van der Waals surface area contributed by atoms with Crippen molar-refractivity contribution < 1.29 is 9.90 Å². The average molecular weight is 288 g/mol. The van der Waals surface area contributed by atoms with Crippen LogP contribution in [0, 0.1) is 11.3 Å². The lowest BCUT2D eigenvalue weighted by Gasteiger charge is -2.34. The molecule has 2 aliphatic rings. The Balaban J connectivity index is 1.58. The first-order valence-corrected chi connectivity index (χ1v) is 7.93. The Kier molecular flexibility index (Phi) is 4.15. The molecule has 2 saturated carbocycles. The number of aliphatic hydroxyl groups is 1. The highest BCUT2D eigenvalue weighted by atomic mass is 16.3. The summed E-state index contributed by atoms with van der Waals surface area (Å²) >= 11 is 0. The van der Waals surface area contributed by atoms with Gasteiger partial charge in [0.15, 0.2) is 0 Å². The monoisotopic (exact) mass is 288 g/mol. The number of rotatable bonds is 6. The normalized spacial score (nSPS) is 21.2. The summed E-state index contributed by atoms with van der Waals surface area (Å²) in [7, 11) is 0. The second-order valence-corrected chi connectivity index (χ2v) is 6.56. The zero-order valence-corrected chi connectivity index (χ0v) is 12.3. The molecule has 0 aliphatic heterocycles. The molecule has 3 N–H and O–H groups in total. The molecule has 1 atom stereocenters. The van der Waals surface area contributed by atoms with E-state index >= 15 is 0 Å². The molecule has 1 aromatic carbocycles. The molecule has 4 nitrogen and oxygen atoms in total. The van der Waals surface area contributed by atoms with Crippen LogP contribution in [0.5, 0.6) is 0 Å². The molecule has 0 unspecified atom stereocenters. The highest BCUT2D eigenvalue weighted by molar-refractivity contribution is 5.74. The van der Waals surface area contributed by atoms with Gasteiger partial charge in [0, 0.05) is 12.0 Å². The zero-order valence-electron chi connectivity index (χ0n) is 12.3. The minimum Gasteiger partial charge on any atom is -0.396 e. The van der Waals surface area contributed by atoms with Gasteiger partial charge in [-0.15, -0.1) is 0 Å². The van der Waals surface area contributed by atoms with Gasteiger partial charge in [0.05, 0.1) is 12.6 Å². The summed E-state index contributed by atoms with van der Waals surface area (Å²) in [5.74, 6) is 0.547. The number of nitrogens with one attached hydrogen (secondary N) is 2. The Morgan fingerprint density at radius 3 is 2.52 bits per heavy atom. The van der Waals surface area contributed by atoms with Gasteiger partial charge in [0.25, 0.3) is 0 Å². The molecular formula is C17H24N2O2. The van der Waals surface area contributed by atoms with Gasteiger partial charge in [0.1, 0.15) is 0 Å². The minimum absolute atomic E-state index is 0.0456. The number of hydrogen-bond donors (Lipinski definition) is 3. The van der Waals surface area contributed by atoms with Gasteiger partial charge in [-0.05, 0) is 37.2 Å². The summed E-state index contributed by atoms with van der Waals surface area (Å²) in [6.07, 6.45) is 5.63. The van der Waals surface area contributed by atoms with Gasteiger partial charge < -0.3 is 15.7 Å². The molecule has 4 heteroatoms. The Morgan fingerprint density at radius 1 is 1.29 bits per heavy atom. The molecule has 3 rings (SSSR count). The second-order valence-electron chi connectivity index (χ2n) is 6.56. The van der Waals surface area contributed by atoms with Gasteiger partial charge in [0.2, 0.25) is 0 Å². The number of hydrogen-bond acceptors (Lipinski definition) is 2. The van der Waals surface area contributed by atoms with E-state index in [1.165, 1.54) is 24.8 Å². The summed E-state index contributed by atoms with van der Waals surface area (Å²) in [5, 5.41) is 15.4. The van der Waals surface area contributed by atoms with E-state index in [1.54, 1.807) is 0 Å². The average Bonchev–Trinajstić information content (AvgIpc) is 3.24. The van der Waals surface area contributed by atoms with Gasteiger partial charge in [-0.25, -0.2) is 4.79 Å². The summed E-state index contributed by atoms with van der Waals surface area (Å²) in [6.45, 7) is 0.736. The molecule has 0 aromatic heterocycles. The highest BCUT2D eigenvalue weighted by Gasteiger charge is 2.42. The van der Waals surface area contributed by atoms with E-state index < -0.39 is 0 Å². The van der Waals surface area contributed by atoms with E-state index in [1.807, 2.05) is 18.2 Å². The van der Waals surface area contributed by atoms with Crippen molar-refractivity contribution in [2.24, 2.45) is 11.3 Å². The lowest BCUT2D eigenvalue weighted by molar-refractivity contribution is 0.193. The maximum Gasteiger partial charge on any atom is 0.315 e. The van der Waals surface area contributed by atoms with E-state index in [4.69, 9.17) is 0 Å². The zero-order chi connectivity index (χ0) is 14.7. The van der Waals surface area contributed by atoms with Crippen LogP contribution in [-0.4, -0.2) is 24.3 Å². The smallest absolute Gasteiger partial charge is 0.315 e. The number of aliphatic hydroxyl groups excluding tert-OH is 1. The number of amides is 2. The van der Waals surface area contributed by atoms with Gasteiger partial charge in [-0.2, -0.15) is 0 Å². The topological polar surface area (TPSA) is 61.4 Å². The molecule has 0 heterocycles. The third-order valence-corrected chi connectivity index (χ3v) is 4.98.